The van der Waals surface area contributed by atoms with E-state index in [-0.39, 0.29) is 18.0 Å². The van der Waals surface area contributed by atoms with E-state index < -0.39 is 17.6 Å². The predicted octanol–water partition coefficient (Wildman–Crippen LogP) is 4.38. The topological polar surface area (TPSA) is 32.3 Å². The molecule has 1 fully saturated rings. The van der Waals surface area contributed by atoms with Crippen molar-refractivity contribution in [3.63, 3.8) is 0 Å². The van der Waals surface area contributed by atoms with E-state index in [0.717, 1.165) is 10.4 Å². The third kappa shape index (κ3) is 3.11. The van der Waals surface area contributed by atoms with E-state index >= 15 is 0 Å². The monoisotopic (exact) mass is 350 g/mol. The molecule has 1 aliphatic rings. The lowest BCUT2D eigenvalue weighted by Crippen LogP contribution is -2.44. The molecule has 0 spiro atoms. The van der Waals surface area contributed by atoms with Crippen molar-refractivity contribution in [2.75, 3.05) is 6.54 Å². The Labute approximate surface area is 144 Å². The van der Waals surface area contributed by atoms with Crippen LogP contribution < -0.4 is 5.43 Å². The van der Waals surface area contributed by atoms with E-state index in [2.05, 4.69) is 5.43 Å². The van der Waals surface area contributed by atoms with Crippen LogP contribution in [0.1, 0.15) is 37.9 Å². The third-order valence-electron chi connectivity index (χ3n) is 4.76. The summed E-state index contributed by atoms with van der Waals surface area (Å²) < 4.78 is 42.3. The van der Waals surface area contributed by atoms with Gasteiger partial charge < -0.3 is 0 Å². The molecule has 1 atom stereocenters. The number of carbonyl (C=O) groups excluding carboxylic acids is 1. The summed E-state index contributed by atoms with van der Waals surface area (Å²) in [5.74, 6) is -0.389. The van der Waals surface area contributed by atoms with Crippen molar-refractivity contribution in [3.05, 3.63) is 47.5 Å². The van der Waals surface area contributed by atoms with Crippen LogP contribution in [0.15, 0.2) is 36.4 Å². The number of carbonyl (C=O) groups is 1. The van der Waals surface area contributed by atoms with Gasteiger partial charge in [0.15, 0.2) is 6.04 Å². The van der Waals surface area contributed by atoms with Gasteiger partial charge in [-0.05, 0) is 42.2 Å². The van der Waals surface area contributed by atoms with Crippen LogP contribution in [-0.4, -0.2) is 23.6 Å². The molecule has 1 aliphatic heterocycles. The number of rotatable bonds is 3. The number of hydrogen-bond donors (Lipinski definition) is 1. The maximum absolute atomic E-state index is 14.1. The molecule has 0 radical (unpaired) electrons. The first-order chi connectivity index (χ1) is 11.6. The second-order valence-electron chi connectivity index (χ2n) is 7.11. The Morgan fingerprint density at radius 3 is 2.44 bits per heavy atom. The molecule has 2 aromatic rings. The summed E-state index contributed by atoms with van der Waals surface area (Å²) in [5, 5.41) is 2.38. The Bertz CT molecular complexity index is 814. The van der Waals surface area contributed by atoms with Crippen LogP contribution in [0, 0.1) is 5.41 Å². The summed E-state index contributed by atoms with van der Waals surface area (Å²) in [5.41, 5.74) is 2.45. The third-order valence-corrected chi connectivity index (χ3v) is 4.76. The molecule has 134 valence electrons. The minimum atomic E-state index is -4.51. The first-order valence-electron chi connectivity index (χ1n) is 8.30. The number of amides is 1. The molecule has 0 aliphatic carbocycles. The van der Waals surface area contributed by atoms with Crippen LogP contribution >= 0.6 is 0 Å². The number of halogens is 3. The summed E-state index contributed by atoms with van der Waals surface area (Å²) in [6.45, 7) is 5.15. The fraction of sp³-hybridized carbons (Fsp3) is 0.421. The number of benzene rings is 2. The summed E-state index contributed by atoms with van der Waals surface area (Å²) in [4.78, 5) is 12.1. The normalized spacial score (nSPS) is 19.2. The molecule has 0 bridgehead atoms. The molecule has 6 heteroatoms. The Morgan fingerprint density at radius 2 is 1.88 bits per heavy atom. The number of hydrazine groups is 1. The second-order valence-corrected chi connectivity index (χ2v) is 7.11. The van der Waals surface area contributed by atoms with Gasteiger partial charge in [0.25, 0.3) is 0 Å². The number of aryl methyl sites for hydroxylation is 1. The molecule has 0 aromatic heterocycles. The highest BCUT2D eigenvalue weighted by Gasteiger charge is 2.52. The zero-order chi connectivity index (χ0) is 18.4. The smallest absolute Gasteiger partial charge is 0.287 e. The molecule has 1 unspecified atom stereocenters. The number of fused-ring (bicyclic) bond motifs is 1. The van der Waals surface area contributed by atoms with Crippen LogP contribution in [0.4, 0.5) is 13.2 Å². The maximum atomic E-state index is 14.1. The Hall–Kier alpha value is -2.08. The van der Waals surface area contributed by atoms with Crippen LogP contribution in [0.2, 0.25) is 0 Å². The van der Waals surface area contributed by atoms with E-state index in [9.17, 15) is 18.0 Å². The van der Waals surface area contributed by atoms with Gasteiger partial charge in [-0.2, -0.15) is 13.2 Å². The van der Waals surface area contributed by atoms with E-state index in [1.807, 2.05) is 13.0 Å². The first-order valence-corrected chi connectivity index (χ1v) is 8.30. The fourth-order valence-corrected chi connectivity index (χ4v) is 3.44. The zero-order valence-corrected chi connectivity index (χ0v) is 14.4. The average Bonchev–Trinajstić information content (AvgIpc) is 2.79. The van der Waals surface area contributed by atoms with Gasteiger partial charge in [0.2, 0.25) is 5.91 Å². The zero-order valence-electron chi connectivity index (χ0n) is 14.4. The lowest BCUT2D eigenvalue weighted by Gasteiger charge is -2.32. The first kappa shape index (κ1) is 17.7. The van der Waals surface area contributed by atoms with Gasteiger partial charge in [-0.25, -0.2) is 5.01 Å². The van der Waals surface area contributed by atoms with Gasteiger partial charge in [0, 0.05) is 6.54 Å². The summed E-state index contributed by atoms with van der Waals surface area (Å²) in [6, 6.07) is 8.78. The molecule has 1 amide bonds. The highest BCUT2D eigenvalue weighted by Crippen LogP contribution is 2.44. The number of nitrogens with zero attached hydrogens (tertiary/aromatic N) is 1. The molecule has 1 heterocycles. The van der Waals surface area contributed by atoms with Crippen molar-refractivity contribution >= 4 is 16.7 Å². The fourth-order valence-electron chi connectivity index (χ4n) is 3.44. The summed E-state index contributed by atoms with van der Waals surface area (Å²) >= 11 is 0. The van der Waals surface area contributed by atoms with Gasteiger partial charge in [-0.1, -0.05) is 43.3 Å². The molecule has 1 saturated heterocycles. The lowest BCUT2D eigenvalue weighted by molar-refractivity contribution is -0.191. The molecule has 2 aromatic carbocycles. The van der Waals surface area contributed by atoms with Crippen molar-refractivity contribution in [1.29, 1.82) is 0 Å². The van der Waals surface area contributed by atoms with Gasteiger partial charge in [-0.15, -0.1) is 0 Å². The Kier molecular flexibility index (Phi) is 4.27. The molecule has 25 heavy (non-hydrogen) atoms. The van der Waals surface area contributed by atoms with Gasteiger partial charge in [0.05, 0.1) is 5.41 Å². The molecule has 1 N–H and O–H groups in total. The largest absolute Gasteiger partial charge is 0.409 e. The Balaban J connectivity index is 2.22. The number of hydrogen-bond acceptors (Lipinski definition) is 2. The van der Waals surface area contributed by atoms with E-state index in [0.29, 0.717) is 17.4 Å². The van der Waals surface area contributed by atoms with Gasteiger partial charge in [0.1, 0.15) is 0 Å². The van der Waals surface area contributed by atoms with Crippen LogP contribution in [0.25, 0.3) is 10.8 Å². The van der Waals surface area contributed by atoms with Crippen molar-refractivity contribution < 1.29 is 18.0 Å². The number of alkyl halides is 3. The van der Waals surface area contributed by atoms with Crippen LogP contribution in [0.3, 0.4) is 0 Å². The van der Waals surface area contributed by atoms with E-state index in [4.69, 9.17) is 0 Å². The van der Waals surface area contributed by atoms with E-state index in [1.165, 1.54) is 0 Å². The maximum Gasteiger partial charge on any atom is 0.409 e. The molecular weight excluding hydrogens is 329 g/mol. The highest BCUT2D eigenvalue weighted by molar-refractivity contribution is 5.88. The number of nitrogens with one attached hydrogen (secondary N) is 1. The standard InChI is InChI=1S/C19H21F3N2O/c1-4-12-9-10-13-7-5-6-8-14(13)15(12)16(19(20,21)22)24-11-18(2,3)17(25)23-24/h5-10,16H,4,11H2,1-3H3,(H,23,25). The van der Waals surface area contributed by atoms with E-state index in [1.54, 1.807) is 44.2 Å². The average molecular weight is 350 g/mol. The van der Waals surface area contributed by atoms with Crippen molar-refractivity contribution in [2.45, 2.75) is 39.4 Å². The van der Waals surface area contributed by atoms with Gasteiger partial charge >= 0.3 is 6.18 Å². The quantitative estimate of drug-likeness (QED) is 0.891. The van der Waals surface area contributed by atoms with Gasteiger partial charge in [-0.3, -0.25) is 10.2 Å². The second kappa shape index (κ2) is 6.02. The molecular formula is C19H21F3N2O. The molecule has 3 nitrogen and oxygen atoms in total. The Morgan fingerprint density at radius 1 is 1.20 bits per heavy atom. The van der Waals surface area contributed by atoms with Crippen molar-refractivity contribution in [1.82, 2.24) is 10.4 Å². The molecule has 3 rings (SSSR count). The summed E-state index contributed by atoms with van der Waals surface area (Å²) in [6.07, 6.45) is -4.03. The lowest BCUT2D eigenvalue weighted by atomic mass is 9.90. The summed E-state index contributed by atoms with van der Waals surface area (Å²) in [7, 11) is 0. The van der Waals surface area contributed by atoms with Crippen molar-refractivity contribution in [2.24, 2.45) is 5.41 Å². The minimum absolute atomic E-state index is 0.00237. The van der Waals surface area contributed by atoms with Crippen LogP contribution in [0.5, 0.6) is 0 Å². The molecule has 0 saturated carbocycles. The minimum Gasteiger partial charge on any atom is -0.287 e. The van der Waals surface area contributed by atoms with Crippen molar-refractivity contribution in [3.8, 4) is 0 Å². The van der Waals surface area contributed by atoms with Crippen LogP contribution in [-0.2, 0) is 11.2 Å². The SMILES string of the molecule is CCc1ccc2ccccc2c1C(N1CC(C)(C)C(=O)N1)C(F)(F)F. The highest BCUT2D eigenvalue weighted by atomic mass is 19.4. The predicted molar refractivity (Wildman–Crippen MR) is 90.8 cm³/mol.